The number of anilines is 1. The van der Waals surface area contributed by atoms with Crippen LogP contribution in [0.2, 0.25) is 0 Å². The van der Waals surface area contributed by atoms with Gasteiger partial charge >= 0.3 is 0 Å². The van der Waals surface area contributed by atoms with E-state index in [2.05, 4.69) is 49.1 Å². The standard InChI is InChI=1S/C32H39N3O3S/c1-5-35(6-2)30-20-28(36)32-31(38-30)27(22-39-32)25-17-14-23(15-18-25)11-9-13-26-12-8-7-10-24(21-33-26)16-19-29(37)34(3)4/h10,14-22,26H,5-9,11-13H2,1-4H3/b19-16+,24-10-,33-21-. The summed E-state index contributed by atoms with van der Waals surface area (Å²) in [5.41, 5.74) is 5.04. The number of thiophene rings is 1. The van der Waals surface area contributed by atoms with Gasteiger partial charge in [-0.15, -0.1) is 11.3 Å². The topological polar surface area (TPSA) is 66.1 Å². The Morgan fingerprint density at radius 3 is 2.67 bits per heavy atom. The van der Waals surface area contributed by atoms with Crippen LogP contribution in [-0.2, 0) is 11.2 Å². The van der Waals surface area contributed by atoms with Crippen molar-refractivity contribution in [1.82, 2.24) is 4.90 Å². The Balaban J connectivity index is 1.38. The molecule has 1 amide bonds. The highest BCUT2D eigenvalue weighted by molar-refractivity contribution is 7.17. The van der Waals surface area contributed by atoms with Crippen LogP contribution in [0.1, 0.15) is 51.5 Å². The first-order valence-electron chi connectivity index (χ1n) is 13.9. The number of aryl methyl sites for hydroxylation is 1. The number of amides is 1. The molecule has 206 valence electrons. The van der Waals surface area contributed by atoms with E-state index in [9.17, 15) is 9.59 Å². The molecule has 0 aliphatic carbocycles. The van der Waals surface area contributed by atoms with Gasteiger partial charge in [0, 0.05) is 62.5 Å². The van der Waals surface area contributed by atoms with Crippen molar-refractivity contribution in [2.75, 3.05) is 32.1 Å². The Labute approximate surface area is 235 Å². The maximum Gasteiger partial charge on any atom is 0.246 e. The highest BCUT2D eigenvalue weighted by atomic mass is 32.1. The number of fused-ring (bicyclic) bond motifs is 1. The quantitative estimate of drug-likeness (QED) is 0.260. The molecule has 0 bridgehead atoms. The molecule has 0 saturated heterocycles. The summed E-state index contributed by atoms with van der Waals surface area (Å²) in [5.74, 6) is 0.612. The number of aliphatic imine (C=N–C) groups is 1. The summed E-state index contributed by atoms with van der Waals surface area (Å²) in [7, 11) is 3.51. The zero-order valence-electron chi connectivity index (χ0n) is 23.5. The van der Waals surface area contributed by atoms with Gasteiger partial charge in [0.25, 0.3) is 0 Å². The predicted octanol–water partition coefficient (Wildman–Crippen LogP) is 6.88. The zero-order valence-corrected chi connectivity index (χ0v) is 24.3. The van der Waals surface area contributed by atoms with E-state index in [1.54, 1.807) is 31.1 Å². The van der Waals surface area contributed by atoms with E-state index in [1.165, 1.54) is 16.9 Å². The normalized spacial score (nSPS) is 17.9. The largest absolute Gasteiger partial charge is 0.439 e. The minimum Gasteiger partial charge on any atom is -0.439 e. The Morgan fingerprint density at radius 1 is 1.18 bits per heavy atom. The van der Waals surface area contributed by atoms with Gasteiger partial charge in [0.1, 0.15) is 4.70 Å². The van der Waals surface area contributed by atoms with Crippen molar-refractivity contribution < 1.29 is 9.21 Å². The van der Waals surface area contributed by atoms with E-state index in [0.29, 0.717) is 22.2 Å². The second-order valence-electron chi connectivity index (χ2n) is 10.2. The van der Waals surface area contributed by atoms with Crippen molar-refractivity contribution in [3.8, 4) is 11.1 Å². The molecule has 3 heterocycles. The molecule has 1 atom stereocenters. The van der Waals surface area contributed by atoms with Crippen LogP contribution in [0.5, 0.6) is 0 Å². The number of hydrogen-bond acceptors (Lipinski definition) is 6. The molecule has 1 aliphatic rings. The van der Waals surface area contributed by atoms with E-state index < -0.39 is 0 Å². The number of carbonyl (C=O) groups excluding carboxylic acids is 1. The summed E-state index contributed by atoms with van der Waals surface area (Å²) in [5, 5.41) is 2.03. The lowest BCUT2D eigenvalue weighted by atomic mass is 9.98. The number of carbonyl (C=O) groups is 1. The smallest absolute Gasteiger partial charge is 0.246 e. The van der Waals surface area contributed by atoms with E-state index in [-0.39, 0.29) is 11.3 Å². The molecule has 1 aliphatic heterocycles. The number of benzene rings is 1. The van der Waals surface area contributed by atoms with Crippen LogP contribution in [-0.4, -0.2) is 50.2 Å². The van der Waals surface area contributed by atoms with Crippen molar-refractivity contribution in [2.45, 2.75) is 58.4 Å². The maximum absolute atomic E-state index is 12.7. The number of nitrogens with zero attached hydrogens (tertiary/aromatic N) is 3. The van der Waals surface area contributed by atoms with E-state index in [1.807, 2.05) is 17.7 Å². The lowest BCUT2D eigenvalue weighted by molar-refractivity contribution is -0.123. The molecule has 6 nitrogen and oxygen atoms in total. The van der Waals surface area contributed by atoms with Gasteiger partial charge in [0.15, 0.2) is 11.5 Å². The Hall–Kier alpha value is -3.45. The van der Waals surface area contributed by atoms with Gasteiger partial charge in [-0.2, -0.15) is 0 Å². The molecule has 4 rings (SSSR count). The van der Waals surface area contributed by atoms with E-state index in [4.69, 9.17) is 9.41 Å². The Bertz CT molecular complexity index is 1410. The lowest BCUT2D eigenvalue weighted by Gasteiger charge is -2.18. The third kappa shape index (κ3) is 7.35. The number of hydrogen-bond donors (Lipinski definition) is 0. The molecule has 0 radical (unpaired) electrons. The van der Waals surface area contributed by atoms with Gasteiger partial charge in [-0.3, -0.25) is 14.6 Å². The van der Waals surface area contributed by atoms with Gasteiger partial charge in [-0.25, -0.2) is 0 Å². The van der Waals surface area contributed by atoms with Crippen LogP contribution >= 0.6 is 11.3 Å². The lowest BCUT2D eigenvalue weighted by Crippen LogP contribution is -2.22. The number of likely N-dealkylation sites (N-methyl/N-ethyl adjacent to an activating group) is 1. The molecule has 0 spiro atoms. The monoisotopic (exact) mass is 545 g/mol. The molecule has 2 aromatic heterocycles. The summed E-state index contributed by atoms with van der Waals surface area (Å²) < 4.78 is 6.90. The minimum atomic E-state index is -0.0185. The third-order valence-electron chi connectivity index (χ3n) is 7.19. The highest BCUT2D eigenvalue weighted by Crippen LogP contribution is 2.34. The summed E-state index contributed by atoms with van der Waals surface area (Å²) in [4.78, 5) is 33.0. The van der Waals surface area contributed by atoms with Crippen LogP contribution < -0.4 is 10.3 Å². The van der Waals surface area contributed by atoms with Crippen molar-refractivity contribution in [2.24, 2.45) is 4.99 Å². The Kier molecular flexibility index (Phi) is 9.93. The molecule has 0 saturated carbocycles. The van der Waals surface area contributed by atoms with Crippen molar-refractivity contribution in [3.05, 3.63) is 75.3 Å². The fourth-order valence-electron chi connectivity index (χ4n) is 4.80. The number of rotatable bonds is 10. The Morgan fingerprint density at radius 2 is 1.95 bits per heavy atom. The fourth-order valence-corrected chi connectivity index (χ4v) is 5.71. The highest BCUT2D eigenvalue weighted by Gasteiger charge is 2.16. The first kappa shape index (κ1) is 28.6. The average Bonchev–Trinajstić information content (AvgIpc) is 3.35. The average molecular weight is 546 g/mol. The maximum atomic E-state index is 12.7. The molecule has 7 heteroatoms. The molecule has 3 aromatic rings. The molecule has 0 N–H and O–H groups in total. The molecular weight excluding hydrogens is 506 g/mol. The van der Waals surface area contributed by atoms with Crippen molar-refractivity contribution in [1.29, 1.82) is 0 Å². The van der Waals surface area contributed by atoms with Gasteiger partial charge in [0.05, 0.1) is 0 Å². The number of allylic oxidation sites excluding steroid dienone is 3. The fraction of sp³-hybridized carbons (Fsp3) is 0.406. The van der Waals surface area contributed by atoms with Crippen LogP contribution in [0.15, 0.2) is 73.7 Å². The van der Waals surface area contributed by atoms with Gasteiger partial charge in [-0.05, 0) is 75.1 Å². The minimum absolute atomic E-state index is 0.0172. The molecule has 0 fully saturated rings. The predicted molar refractivity (Wildman–Crippen MR) is 164 cm³/mol. The van der Waals surface area contributed by atoms with Gasteiger partial charge in [-0.1, -0.05) is 30.3 Å². The summed E-state index contributed by atoms with van der Waals surface area (Å²) in [6, 6.07) is 10.5. The van der Waals surface area contributed by atoms with Crippen LogP contribution in [0, 0.1) is 0 Å². The van der Waals surface area contributed by atoms with Gasteiger partial charge < -0.3 is 14.2 Å². The third-order valence-corrected chi connectivity index (χ3v) is 8.16. The SMILES string of the molecule is CCN(CC)c1cc(=O)c2scc(-c3ccc(CCCC4CCC/C=C(/C=C/C(=O)N(C)C)\C=N/4)cc3)c2o1. The van der Waals surface area contributed by atoms with E-state index >= 15 is 0 Å². The molecule has 39 heavy (non-hydrogen) atoms. The van der Waals surface area contributed by atoms with Crippen molar-refractivity contribution in [3.63, 3.8) is 0 Å². The zero-order chi connectivity index (χ0) is 27.8. The first-order valence-corrected chi connectivity index (χ1v) is 14.8. The molecule has 1 aromatic carbocycles. The van der Waals surface area contributed by atoms with Gasteiger partial charge in [0.2, 0.25) is 11.3 Å². The summed E-state index contributed by atoms with van der Waals surface area (Å²) in [6.45, 7) is 5.70. The van der Waals surface area contributed by atoms with Crippen LogP contribution in [0.25, 0.3) is 21.4 Å². The second-order valence-corrected chi connectivity index (χ2v) is 11.0. The molecular formula is C32H39N3O3S. The van der Waals surface area contributed by atoms with E-state index in [0.717, 1.165) is 68.3 Å². The first-order chi connectivity index (χ1) is 18.9. The van der Waals surface area contributed by atoms with Crippen LogP contribution in [0.3, 0.4) is 0 Å². The van der Waals surface area contributed by atoms with Crippen LogP contribution in [0.4, 0.5) is 5.88 Å². The second kappa shape index (κ2) is 13.6. The van der Waals surface area contributed by atoms with Crippen molar-refractivity contribution >= 4 is 39.6 Å². The summed E-state index contributed by atoms with van der Waals surface area (Å²) >= 11 is 1.45. The molecule has 1 unspecified atom stereocenters. The summed E-state index contributed by atoms with van der Waals surface area (Å²) in [6.07, 6.45) is 13.9.